The van der Waals surface area contributed by atoms with Crippen LogP contribution in [0.25, 0.3) is 0 Å². The van der Waals surface area contributed by atoms with Crippen molar-refractivity contribution in [2.24, 2.45) is 5.92 Å². The molecule has 0 aliphatic rings. The molecule has 0 aliphatic heterocycles. The molecule has 0 saturated heterocycles. The zero-order valence-electron chi connectivity index (χ0n) is 9.86. The van der Waals surface area contributed by atoms with E-state index in [9.17, 15) is 8.78 Å². The lowest BCUT2D eigenvalue weighted by Gasteiger charge is -2.14. The first-order chi connectivity index (χ1) is 7.43. The third kappa shape index (κ3) is 3.18. The molecule has 0 saturated carbocycles. The maximum Gasteiger partial charge on any atom is 0.132 e. The van der Waals surface area contributed by atoms with Gasteiger partial charge in [-0.25, -0.2) is 8.78 Å². The molecule has 0 bridgehead atoms. The number of rotatable bonds is 4. The molecule has 1 rings (SSSR count). The predicted molar refractivity (Wildman–Crippen MR) is 63.9 cm³/mol. The van der Waals surface area contributed by atoms with Gasteiger partial charge in [-0.05, 0) is 37.3 Å². The van der Waals surface area contributed by atoms with E-state index < -0.39 is 11.6 Å². The zero-order chi connectivity index (χ0) is 12.3. The van der Waals surface area contributed by atoms with Crippen LogP contribution in [-0.2, 0) is 6.42 Å². The lowest BCUT2D eigenvalue weighted by molar-refractivity contribution is 0.520. The molecule has 0 nitrogen and oxygen atoms in total. The van der Waals surface area contributed by atoms with E-state index in [1.54, 1.807) is 6.92 Å². The molecule has 1 aromatic carbocycles. The lowest BCUT2D eigenvalue weighted by Crippen LogP contribution is -2.10. The van der Waals surface area contributed by atoms with E-state index in [1.807, 2.05) is 13.8 Å². The number of hydrogen-bond acceptors (Lipinski definition) is 0. The summed E-state index contributed by atoms with van der Waals surface area (Å²) in [4.78, 5) is 0. The van der Waals surface area contributed by atoms with Crippen molar-refractivity contribution in [2.45, 2.75) is 39.0 Å². The average Bonchev–Trinajstić information content (AvgIpc) is 2.23. The molecule has 0 N–H and O–H groups in total. The minimum absolute atomic E-state index is 0.0423. The summed E-state index contributed by atoms with van der Waals surface area (Å²) in [5, 5.41) is -0.0423. The van der Waals surface area contributed by atoms with Gasteiger partial charge in [0, 0.05) is 10.9 Å². The van der Waals surface area contributed by atoms with Crippen molar-refractivity contribution in [3.8, 4) is 0 Å². The molecule has 0 aromatic heterocycles. The van der Waals surface area contributed by atoms with Gasteiger partial charge in [0.05, 0.1) is 0 Å². The van der Waals surface area contributed by atoms with Crippen molar-refractivity contribution in [3.05, 3.63) is 34.9 Å². The van der Waals surface area contributed by atoms with Crippen molar-refractivity contribution >= 4 is 11.6 Å². The highest BCUT2D eigenvalue weighted by molar-refractivity contribution is 6.20. The second-order valence-electron chi connectivity index (χ2n) is 4.46. The highest BCUT2D eigenvalue weighted by Crippen LogP contribution is 2.21. The van der Waals surface area contributed by atoms with Gasteiger partial charge < -0.3 is 0 Å². The Kier molecular flexibility index (Phi) is 4.72. The fraction of sp³-hybridized carbons (Fsp3) is 0.538. The minimum Gasteiger partial charge on any atom is -0.207 e. The molecule has 1 aromatic rings. The Bertz CT molecular complexity index is 361. The van der Waals surface area contributed by atoms with Crippen LogP contribution in [0.1, 0.15) is 31.4 Å². The minimum atomic E-state index is -0.476. The summed E-state index contributed by atoms with van der Waals surface area (Å²) in [6.45, 7) is 5.64. The van der Waals surface area contributed by atoms with E-state index >= 15 is 0 Å². The Labute approximate surface area is 101 Å². The van der Waals surface area contributed by atoms with Gasteiger partial charge in [0.25, 0.3) is 0 Å². The van der Waals surface area contributed by atoms with Crippen LogP contribution >= 0.6 is 11.6 Å². The first-order valence-corrected chi connectivity index (χ1v) is 5.94. The molecule has 16 heavy (non-hydrogen) atoms. The van der Waals surface area contributed by atoms with E-state index in [0.717, 1.165) is 0 Å². The first-order valence-electron chi connectivity index (χ1n) is 5.51. The average molecular weight is 247 g/mol. The Morgan fingerprint density at radius 1 is 1.25 bits per heavy atom. The maximum absolute atomic E-state index is 13.6. The maximum atomic E-state index is 13.6. The molecular weight excluding hydrogens is 230 g/mol. The fourth-order valence-corrected chi connectivity index (χ4v) is 1.67. The van der Waals surface area contributed by atoms with Gasteiger partial charge in [-0.15, -0.1) is 11.6 Å². The SMILES string of the molecule is Cc1ccc(F)c(CCC(Cl)C(C)C)c1F. The number of hydrogen-bond donors (Lipinski definition) is 0. The summed E-state index contributed by atoms with van der Waals surface area (Å²) in [7, 11) is 0. The van der Waals surface area contributed by atoms with E-state index in [-0.39, 0.29) is 10.9 Å². The Morgan fingerprint density at radius 2 is 1.88 bits per heavy atom. The number of halogens is 3. The van der Waals surface area contributed by atoms with Crippen LogP contribution in [0, 0.1) is 24.5 Å². The van der Waals surface area contributed by atoms with Crippen LogP contribution in [-0.4, -0.2) is 5.38 Å². The van der Waals surface area contributed by atoms with E-state index in [1.165, 1.54) is 12.1 Å². The zero-order valence-corrected chi connectivity index (χ0v) is 10.6. The van der Waals surface area contributed by atoms with Crippen LogP contribution in [0.2, 0.25) is 0 Å². The second-order valence-corrected chi connectivity index (χ2v) is 5.02. The van der Waals surface area contributed by atoms with Gasteiger partial charge in [-0.1, -0.05) is 19.9 Å². The summed E-state index contributed by atoms with van der Waals surface area (Å²) in [6.07, 6.45) is 0.947. The molecule has 0 heterocycles. The predicted octanol–water partition coefficient (Wildman–Crippen LogP) is 4.47. The number of aryl methyl sites for hydroxylation is 1. The topological polar surface area (TPSA) is 0 Å². The van der Waals surface area contributed by atoms with Crippen molar-refractivity contribution < 1.29 is 8.78 Å². The Hall–Kier alpha value is -0.630. The largest absolute Gasteiger partial charge is 0.207 e. The van der Waals surface area contributed by atoms with Crippen LogP contribution in [0.5, 0.6) is 0 Å². The standard InChI is InChI=1S/C13H17ClF2/c1-8(2)11(14)6-5-10-12(15)7-4-9(3)13(10)16/h4,7-8,11H,5-6H2,1-3H3. The third-order valence-electron chi connectivity index (χ3n) is 2.77. The summed E-state index contributed by atoms with van der Waals surface area (Å²) in [5.41, 5.74) is 0.637. The van der Waals surface area contributed by atoms with Gasteiger partial charge in [-0.3, -0.25) is 0 Å². The van der Waals surface area contributed by atoms with E-state index in [0.29, 0.717) is 24.3 Å². The Balaban J connectivity index is 2.77. The van der Waals surface area contributed by atoms with E-state index in [2.05, 4.69) is 0 Å². The quantitative estimate of drug-likeness (QED) is 0.688. The summed E-state index contributed by atoms with van der Waals surface area (Å²) < 4.78 is 27.0. The van der Waals surface area contributed by atoms with Crippen molar-refractivity contribution in [3.63, 3.8) is 0 Å². The second kappa shape index (κ2) is 5.62. The molecule has 0 aliphatic carbocycles. The summed E-state index contributed by atoms with van der Waals surface area (Å²) >= 11 is 6.07. The molecule has 0 spiro atoms. The molecule has 3 heteroatoms. The van der Waals surface area contributed by atoms with Crippen molar-refractivity contribution in [2.75, 3.05) is 0 Å². The van der Waals surface area contributed by atoms with Crippen molar-refractivity contribution in [1.29, 1.82) is 0 Å². The van der Waals surface area contributed by atoms with Gasteiger partial charge in [0.1, 0.15) is 11.6 Å². The highest BCUT2D eigenvalue weighted by atomic mass is 35.5. The lowest BCUT2D eigenvalue weighted by atomic mass is 10.00. The fourth-order valence-electron chi connectivity index (χ4n) is 1.56. The molecule has 0 radical (unpaired) electrons. The molecule has 0 amide bonds. The molecule has 1 atom stereocenters. The Morgan fingerprint density at radius 3 is 2.44 bits per heavy atom. The van der Waals surface area contributed by atoms with Gasteiger partial charge in [-0.2, -0.15) is 0 Å². The monoisotopic (exact) mass is 246 g/mol. The number of benzene rings is 1. The van der Waals surface area contributed by atoms with Crippen LogP contribution < -0.4 is 0 Å². The van der Waals surface area contributed by atoms with E-state index in [4.69, 9.17) is 11.6 Å². The highest BCUT2D eigenvalue weighted by Gasteiger charge is 2.15. The van der Waals surface area contributed by atoms with Crippen LogP contribution in [0.15, 0.2) is 12.1 Å². The molecule has 0 fully saturated rings. The first kappa shape index (κ1) is 13.4. The molecule has 1 unspecified atom stereocenters. The normalized spacial score (nSPS) is 13.2. The van der Waals surface area contributed by atoms with Gasteiger partial charge in [0.15, 0.2) is 0 Å². The molecule has 90 valence electrons. The van der Waals surface area contributed by atoms with Crippen molar-refractivity contribution in [1.82, 2.24) is 0 Å². The van der Waals surface area contributed by atoms with Gasteiger partial charge >= 0.3 is 0 Å². The van der Waals surface area contributed by atoms with Crippen LogP contribution in [0.4, 0.5) is 8.78 Å². The third-order valence-corrected chi connectivity index (χ3v) is 3.49. The number of alkyl halides is 1. The van der Waals surface area contributed by atoms with Gasteiger partial charge in [0.2, 0.25) is 0 Å². The smallest absolute Gasteiger partial charge is 0.132 e. The summed E-state index contributed by atoms with van der Waals surface area (Å²) in [5.74, 6) is -0.596. The summed E-state index contributed by atoms with van der Waals surface area (Å²) in [6, 6.07) is 2.77. The van der Waals surface area contributed by atoms with Crippen LogP contribution in [0.3, 0.4) is 0 Å². The molecular formula is C13H17ClF2.